The molecule has 7 nitrogen and oxygen atoms in total. The molecule has 1 unspecified atom stereocenters. The lowest BCUT2D eigenvalue weighted by atomic mass is 10.1. The number of halogens is 4. The smallest absolute Gasteiger partial charge is 0.406 e. The Morgan fingerprint density at radius 2 is 1.85 bits per heavy atom. The minimum Gasteiger partial charge on any atom is -0.406 e. The second-order valence-corrected chi connectivity index (χ2v) is 10.3. The Bertz CT molecular complexity index is 1520. The van der Waals surface area contributed by atoms with Crippen LogP contribution in [0.5, 0.6) is 5.75 Å². The molecule has 0 saturated carbocycles. The highest BCUT2D eigenvalue weighted by atomic mass is 35.5. The van der Waals surface area contributed by atoms with E-state index >= 15 is 0 Å². The zero-order valence-electron chi connectivity index (χ0n) is 21.5. The number of alkyl halides is 3. The molecule has 1 aliphatic rings. The first-order chi connectivity index (χ1) is 19.2. The summed E-state index contributed by atoms with van der Waals surface area (Å²) in [7, 11) is 0. The largest absolute Gasteiger partial charge is 0.573 e. The van der Waals surface area contributed by atoms with Gasteiger partial charge in [-0.3, -0.25) is 0 Å². The summed E-state index contributed by atoms with van der Waals surface area (Å²) in [5, 5.41) is 14.8. The number of amidine groups is 1. The summed E-state index contributed by atoms with van der Waals surface area (Å²) in [5.74, 6) is 1.08. The average Bonchev–Trinajstić information content (AvgIpc) is 3.57. The molecular weight excluding hydrogens is 561 g/mol. The Morgan fingerprint density at radius 3 is 2.52 bits per heavy atom. The van der Waals surface area contributed by atoms with Crippen LogP contribution in [0.15, 0.2) is 83.3 Å². The number of aryl methyl sites for hydroxylation is 1. The molecule has 0 aliphatic carbocycles. The Morgan fingerprint density at radius 1 is 1.10 bits per heavy atom. The first kappa shape index (κ1) is 27.7. The second-order valence-electron chi connectivity index (χ2n) is 8.95. The fourth-order valence-electron chi connectivity index (χ4n) is 4.24. The third-order valence-corrected chi connectivity index (χ3v) is 7.62. The van der Waals surface area contributed by atoms with Gasteiger partial charge >= 0.3 is 6.36 Å². The number of thioether (sulfide) groups is 1. The predicted molar refractivity (Wildman–Crippen MR) is 154 cm³/mol. The van der Waals surface area contributed by atoms with Crippen LogP contribution in [-0.4, -0.2) is 44.3 Å². The third-order valence-electron chi connectivity index (χ3n) is 6.22. The van der Waals surface area contributed by atoms with Crippen LogP contribution in [0.3, 0.4) is 0 Å². The molecule has 1 aliphatic heterocycles. The van der Waals surface area contributed by atoms with Gasteiger partial charge in [0.05, 0.1) is 22.6 Å². The van der Waals surface area contributed by atoms with Gasteiger partial charge in [0.2, 0.25) is 0 Å². The maximum Gasteiger partial charge on any atom is 0.573 e. The van der Waals surface area contributed by atoms with Gasteiger partial charge in [0.25, 0.3) is 0 Å². The first-order valence-corrected chi connectivity index (χ1v) is 13.7. The summed E-state index contributed by atoms with van der Waals surface area (Å²) in [6, 6.07) is 19.1. The molecule has 1 atom stereocenters. The number of aromatic nitrogens is 3. The molecule has 1 aromatic heterocycles. The van der Waals surface area contributed by atoms with Gasteiger partial charge in [-0.15, -0.1) is 23.4 Å². The maximum atomic E-state index is 12.4. The minimum atomic E-state index is -4.74. The zero-order valence-corrected chi connectivity index (χ0v) is 23.1. The number of para-hydroxylation sites is 1. The van der Waals surface area contributed by atoms with Gasteiger partial charge in [0.15, 0.2) is 11.0 Å². The molecule has 0 N–H and O–H groups in total. The van der Waals surface area contributed by atoms with Crippen molar-refractivity contribution in [2.75, 3.05) is 10.7 Å². The van der Waals surface area contributed by atoms with Gasteiger partial charge in [-0.1, -0.05) is 66.7 Å². The Kier molecular flexibility index (Phi) is 8.13. The molecule has 1 fully saturated rings. The van der Waals surface area contributed by atoms with E-state index in [-0.39, 0.29) is 11.8 Å². The molecule has 0 radical (unpaired) electrons. The monoisotopic (exact) mass is 584 g/mol. The number of anilines is 1. The van der Waals surface area contributed by atoms with E-state index in [1.807, 2.05) is 49.4 Å². The van der Waals surface area contributed by atoms with Crippen molar-refractivity contribution in [2.24, 2.45) is 10.2 Å². The molecule has 3 aromatic carbocycles. The molecular formula is C28H24ClF3N6OS. The third kappa shape index (κ3) is 6.31. The topological polar surface area (TPSA) is 67.9 Å². The van der Waals surface area contributed by atoms with Crippen molar-refractivity contribution in [3.05, 3.63) is 89.2 Å². The van der Waals surface area contributed by atoms with Crippen LogP contribution < -0.4 is 9.64 Å². The standard InChI is InChI=1S/C28H24ClF3N6OS/c1-3-21-16-40-27(38(21)25-18(2)5-4-6-24(25)29)35-34-15-19-7-9-20(10-8-19)26-33-17-37(36-26)22-11-13-23(14-12-22)39-28(30,31)32/h4-15,17,21H,3,16H2,1-2H3. The van der Waals surface area contributed by atoms with Crippen LogP contribution in [0.1, 0.15) is 24.5 Å². The van der Waals surface area contributed by atoms with Crippen molar-refractivity contribution in [3.8, 4) is 22.8 Å². The van der Waals surface area contributed by atoms with Crippen molar-refractivity contribution < 1.29 is 17.9 Å². The molecule has 5 rings (SSSR count). The molecule has 2 heterocycles. The predicted octanol–water partition coefficient (Wildman–Crippen LogP) is 7.52. The lowest BCUT2D eigenvalue weighted by Crippen LogP contribution is -2.34. The van der Waals surface area contributed by atoms with Crippen molar-refractivity contribution in [1.82, 2.24) is 14.8 Å². The van der Waals surface area contributed by atoms with E-state index in [4.69, 9.17) is 11.6 Å². The number of hydrogen-bond acceptors (Lipinski definition) is 6. The van der Waals surface area contributed by atoms with E-state index < -0.39 is 6.36 Å². The quantitative estimate of drug-likeness (QED) is 0.166. The summed E-state index contributed by atoms with van der Waals surface area (Å²) in [6.45, 7) is 4.19. The summed E-state index contributed by atoms with van der Waals surface area (Å²) in [5.41, 5.74) is 4.23. The normalized spacial score (nSPS) is 16.8. The fourth-order valence-corrected chi connectivity index (χ4v) is 5.76. The molecule has 0 amide bonds. The lowest BCUT2D eigenvalue weighted by Gasteiger charge is -2.27. The Balaban J connectivity index is 1.28. The van der Waals surface area contributed by atoms with Crippen LogP contribution in [0.2, 0.25) is 5.02 Å². The highest BCUT2D eigenvalue weighted by Gasteiger charge is 2.33. The van der Waals surface area contributed by atoms with E-state index in [9.17, 15) is 13.2 Å². The van der Waals surface area contributed by atoms with Crippen LogP contribution in [0.4, 0.5) is 18.9 Å². The van der Waals surface area contributed by atoms with Crippen LogP contribution in [0, 0.1) is 6.92 Å². The van der Waals surface area contributed by atoms with Gasteiger partial charge in [0.1, 0.15) is 12.1 Å². The van der Waals surface area contributed by atoms with E-state index in [2.05, 4.69) is 36.8 Å². The summed E-state index contributed by atoms with van der Waals surface area (Å²) in [4.78, 5) is 6.50. The lowest BCUT2D eigenvalue weighted by molar-refractivity contribution is -0.274. The zero-order chi connectivity index (χ0) is 28.3. The van der Waals surface area contributed by atoms with Crippen LogP contribution >= 0.6 is 23.4 Å². The molecule has 206 valence electrons. The summed E-state index contributed by atoms with van der Waals surface area (Å²) >= 11 is 8.22. The Hall–Kier alpha value is -3.83. The molecule has 0 spiro atoms. The van der Waals surface area contributed by atoms with E-state index in [0.717, 1.165) is 39.7 Å². The van der Waals surface area contributed by atoms with Gasteiger partial charge in [-0.25, -0.2) is 9.67 Å². The minimum absolute atomic E-state index is 0.287. The fraction of sp³-hybridized carbons (Fsp3) is 0.214. The number of hydrogen-bond donors (Lipinski definition) is 0. The number of rotatable bonds is 7. The SMILES string of the molecule is CCC1CSC(=NN=Cc2ccc(-c3ncn(-c4ccc(OC(F)(F)F)cc4)n3)cc2)N1c1c(C)cccc1Cl. The molecule has 40 heavy (non-hydrogen) atoms. The van der Waals surface area contributed by atoms with Crippen molar-refractivity contribution in [3.63, 3.8) is 0 Å². The molecule has 4 aromatic rings. The Labute approximate surface area is 238 Å². The maximum absolute atomic E-state index is 12.4. The van der Waals surface area contributed by atoms with Gasteiger partial charge in [-0.05, 0) is 54.8 Å². The van der Waals surface area contributed by atoms with Crippen LogP contribution in [-0.2, 0) is 0 Å². The van der Waals surface area contributed by atoms with Gasteiger partial charge < -0.3 is 9.64 Å². The van der Waals surface area contributed by atoms with Crippen molar-refractivity contribution >= 4 is 40.4 Å². The van der Waals surface area contributed by atoms with E-state index in [0.29, 0.717) is 16.5 Å². The summed E-state index contributed by atoms with van der Waals surface area (Å²) in [6.07, 6.45) is -0.598. The molecule has 1 saturated heterocycles. The highest BCUT2D eigenvalue weighted by Crippen LogP contribution is 2.38. The number of ether oxygens (including phenoxy) is 1. The summed E-state index contributed by atoms with van der Waals surface area (Å²) < 4.78 is 42.5. The van der Waals surface area contributed by atoms with Gasteiger partial charge in [0, 0.05) is 17.4 Å². The van der Waals surface area contributed by atoms with Crippen LogP contribution in [0.25, 0.3) is 17.1 Å². The first-order valence-electron chi connectivity index (χ1n) is 12.4. The second kappa shape index (κ2) is 11.7. The van der Waals surface area contributed by atoms with Crippen molar-refractivity contribution in [1.29, 1.82) is 0 Å². The molecule has 12 heteroatoms. The number of benzene rings is 3. The van der Waals surface area contributed by atoms with E-state index in [1.54, 1.807) is 18.0 Å². The highest BCUT2D eigenvalue weighted by molar-refractivity contribution is 8.14. The van der Waals surface area contributed by atoms with Gasteiger partial charge in [-0.2, -0.15) is 5.10 Å². The van der Waals surface area contributed by atoms with E-state index in [1.165, 1.54) is 35.3 Å². The van der Waals surface area contributed by atoms with Crippen molar-refractivity contribution in [2.45, 2.75) is 32.7 Å². The number of nitrogens with zero attached hydrogens (tertiary/aromatic N) is 6. The average molecular weight is 585 g/mol. The molecule has 0 bridgehead atoms.